The standard InChI is InChI=1S/C21H30F4O/c1-2-3-4-5-6-9-16-12-14-17(15-13-16)18-10-7-8-11-19(18)26-21(24,25)20(22)23/h7-8,10-11,16-17,20H,2-6,9,12-15H2,1H3. The molecule has 2 rings (SSSR count). The van der Waals surface area contributed by atoms with Gasteiger partial charge >= 0.3 is 12.5 Å². The van der Waals surface area contributed by atoms with E-state index in [2.05, 4.69) is 11.7 Å². The molecule has 5 heteroatoms. The largest absolute Gasteiger partial charge is 0.461 e. The highest BCUT2D eigenvalue weighted by molar-refractivity contribution is 5.36. The molecule has 0 bridgehead atoms. The first kappa shape index (κ1) is 21.0. The summed E-state index contributed by atoms with van der Waals surface area (Å²) < 4.78 is 55.9. The summed E-state index contributed by atoms with van der Waals surface area (Å²) >= 11 is 0. The molecule has 0 saturated heterocycles. The third-order valence-corrected chi connectivity index (χ3v) is 5.42. The Balaban J connectivity index is 1.87. The van der Waals surface area contributed by atoms with Crippen LogP contribution in [0.15, 0.2) is 24.3 Å². The molecule has 1 aliphatic carbocycles. The quantitative estimate of drug-likeness (QED) is 0.303. The summed E-state index contributed by atoms with van der Waals surface area (Å²) in [5.74, 6) is 0.695. The molecule has 148 valence electrons. The van der Waals surface area contributed by atoms with Crippen molar-refractivity contribution in [3.8, 4) is 5.75 Å². The van der Waals surface area contributed by atoms with Crippen molar-refractivity contribution in [2.24, 2.45) is 5.92 Å². The van der Waals surface area contributed by atoms with E-state index in [1.54, 1.807) is 18.2 Å². The highest BCUT2D eigenvalue weighted by atomic mass is 19.3. The molecule has 0 aliphatic heterocycles. The SMILES string of the molecule is CCCCCCCC1CCC(c2ccccc2OC(F)(F)C(F)F)CC1. The summed E-state index contributed by atoms with van der Waals surface area (Å²) in [6.45, 7) is 2.21. The van der Waals surface area contributed by atoms with Crippen LogP contribution in [0.5, 0.6) is 5.75 Å². The van der Waals surface area contributed by atoms with Crippen molar-refractivity contribution in [3.05, 3.63) is 29.8 Å². The van der Waals surface area contributed by atoms with Gasteiger partial charge in [0.1, 0.15) is 5.75 Å². The number of rotatable bonds is 10. The number of halogens is 4. The van der Waals surface area contributed by atoms with E-state index >= 15 is 0 Å². The molecule has 1 aliphatic rings. The van der Waals surface area contributed by atoms with Crippen LogP contribution in [-0.4, -0.2) is 12.5 Å². The van der Waals surface area contributed by atoms with Gasteiger partial charge in [0.15, 0.2) is 0 Å². The van der Waals surface area contributed by atoms with Crippen molar-refractivity contribution in [1.29, 1.82) is 0 Å². The summed E-state index contributed by atoms with van der Waals surface area (Å²) in [6, 6.07) is 6.39. The molecular formula is C21H30F4O. The number of ether oxygens (including phenoxy) is 1. The van der Waals surface area contributed by atoms with Gasteiger partial charge in [0.25, 0.3) is 0 Å². The van der Waals surface area contributed by atoms with Gasteiger partial charge in [-0.15, -0.1) is 0 Å². The number of unbranched alkanes of at least 4 members (excludes halogenated alkanes) is 4. The molecule has 1 aromatic carbocycles. The highest BCUT2D eigenvalue weighted by Crippen LogP contribution is 2.42. The van der Waals surface area contributed by atoms with Crippen molar-refractivity contribution in [2.45, 2.75) is 89.6 Å². The minimum Gasteiger partial charge on any atom is -0.428 e. The average Bonchev–Trinajstić information content (AvgIpc) is 2.62. The summed E-state index contributed by atoms with van der Waals surface area (Å²) in [7, 11) is 0. The van der Waals surface area contributed by atoms with E-state index in [1.807, 2.05) is 0 Å². The first-order chi connectivity index (χ1) is 12.4. The monoisotopic (exact) mass is 374 g/mol. The Bertz CT molecular complexity index is 524. The van der Waals surface area contributed by atoms with Crippen LogP contribution in [0, 0.1) is 5.92 Å². The molecule has 0 amide bonds. The Kier molecular flexibility index (Phi) is 8.23. The predicted molar refractivity (Wildman–Crippen MR) is 96.1 cm³/mol. The predicted octanol–water partition coefficient (Wildman–Crippen LogP) is 7.56. The van der Waals surface area contributed by atoms with Crippen molar-refractivity contribution in [1.82, 2.24) is 0 Å². The Morgan fingerprint density at radius 1 is 1.00 bits per heavy atom. The van der Waals surface area contributed by atoms with Gasteiger partial charge in [0, 0.05) is 0 Å². The molecule has 0 atom stereocenters. The minimum absolute atomic E-state index is 0.107. The van der Waals surface area contributed by atoms with Gasteiger partial charge in [-0.05, 0) is 49.1 Å². The first-order valence-corrected chi connectivity index (χ1v) is 9.88. The van der Waals surface area contributed by atoms with Crippen LogP contribution in [0.1, 0.15) is 82.6 Å². The lowest BCUT2D eigenvalue weighted by Gasteiger charge is -2.30. The topological polar surface area (TPSA) is 9.23 Å². The van der Waals surface area contributed by atoms with Gasteiger partial charge in [-0.2, -0.15) is 17.6 Å². The van der Waals surface area contributed by atoms with Gasteiger partial charge in [0.2, 0.25) is 0 Å². The number of para-hydroxylation sites is 1. The van der Waals surface area contributed by atoms with Gasteiger partial charge in [0.05, 0.1) is 0 Å². The van der Waals surface area contributed by atoms with Crippen LogP contribution >= 0.6 is 0 Å². The average molecular weight is 374 g/mol. The third kappa shape index (κ3) is 6.17. The Morgan fingerprint density at radius 3 is 2.31 bits per heavy atom. The fourth-order valence-corrected chi connectivity index (χ4v) is 3.90. The second kappa shape index (κ2) is 10.2. The molecule has 0 N–H and O–H groups in total. The van der Waals surface area contributed by atoms with Crippen LogP contribution in [0.4, 0.5) is 17.6 Å². The third-order valence-electron chi connectivity index (χ3n) is 5.42. The smallest absolute Gasteiger partial charge is 0.428 e. The minimum atomic E-state index is -4.45. The normalized spacial score (nSPS) is 21.2. The second-order valence-electron chi connectivity index (χ2n) is 7.42. The number of hydrogen-bond acceptors (Lipinski definition) is 1. The molecular weight excluding hydrogens is 344 g/mol. The Morgan fingerprint density at radius 2 is 1.65 bits per heavy atom. The molecule has 1 nitrogen and oxygen atoms in total. The molecule has 26 heavy (non-hydrogen) atoms. The first-order valence-electron chi connectivity index (χ1n) is 9.88. The van der Waals surface area contributed by atoms with E-state index in [0.717, 1.165) is 25.7 Å². The highest BCUT2D eigenvalue weighted by Gasteiger charge is 2.44. The molecule has 0 aromatic heterocycles. The van der Waals surface area contributed by atoms with E-state index in [-0.39, 0.29) is 11.7 Å². The van der Waals surface area contributed by atoms with Crippen LogP contribution in [0.3, 0.4) is 0 Å². The van der Waals surface area contributed by atoms with Crippen molar-refractivity contribution < 1.29 is 22.3 Å². The maximum Gasteiger partial charge on any atom is 0.461 e. The van der Waals surface area contributed by atoms with Crippen LogP contribution < -0.4 is 4.74 Å². The fourth-order valence-electron chi connectivity index (χ4n) is 3.90. The van der Waals surface area contributed by atoms with E-state index in [1.165, 1.54) is 44.6 Å². The zero-order valence-electron chi connectivity index (χ0n) is 15.5. The zero-order chi connectivity index (χ0) is 19.0. The van der Waals surface area contributed by atoms with Gasteiger partial charge in [-0.3, -0.25) is 0 Å². The van der Waals surface area contributed by atoms with Crippen molar-refractivity contribution in [3.63, 3.8) is 0 Å². The molecule has 1 fully saturated rings. The molecule has 0 unspecified atom stereocenters. The number of hydrogen-bond donors (Lipinski definition) is 0. The lowest BCUT2D eigenvalue weighted by atomic mass is 9.77. The number of benzene rings is 1. The maximum absolute atomic E-state index is 13.3. The summed E-state index contributed by atoms with van der Waals surface area (Å²) in [5.41, 5.74) is 0.634. The molecule has 0 heterocycles. The van der Waals surface area contributed by atoms with Crippen molar-refractivity contribution >= 4 is 0 Å². The van der Waals surface area contributed by atoms with Crippen LogP contribution in [0.2, 0.25) is 0 Å². The maximum atomic E-state index is 13.3. The zero-order valence-corrected chi connectivity index (χ0v) is 15.5. The van der Waals surface area contributed by atoms with E-state index in [9.17, 15) is 17.6 Å². The lowest BCUT2D eigenvalue weighted by Crippen LogP contribution is -2.34. The Labute approximate surface area is 154 Å². The van der Waals surface area contributed by atoms with Gasteiger partial charge < -0.3 is 4.74 Å². The molecule has 1 saturated carbocycles. The summed E-state index contributed by atoms with van der Waals surface area (Å²) in [6.07, 6.45) is 3.28. The number of alkyl halides is 4. The van der Waals surface area contributed by atoms with Gasteiger partial charge in [-0.25, -0.2) is 0 Å². The molecule has 0 radical (unpaired) electrons. The molecule has 1 aromatic rings. The van der Waals surface area contributed by atoms with Crippen LogP contribution in [-0.2, 0) is 0 Å². The van der Waals surface area contributed by atoms with Crippen LogP contribution in [0.25, 0.3) is 0 Å². The summed E-state index contributed by atoms with van der Waals surface area (Å²) in [4.78, 5) is 0. The van der Waals surface area contributed by atoms with Gasteiger partial charge in [-0.1, -0.05) is 63.6 Å². The molecule has 0 spiro atoms. The second-order valence-corrected chi connectivity index (χ2v) is 7.42. The lowest BCUT2D eigenvalue weighted by molar-refractivity contribution is -0.253. The van der Waals surface area contributed by atoms with Crippen molar-refractivity contribution in [2.75, 3.05) is 0 Å². The van der Waals surface area contributed by atoms with E-state index < -0.39 is 12.5 Å². The fraction of sp³-hybridized carbons (Fsp3) is 0.714. The van der Waals surface area contributed by atoms with E-state index in [4.69, 9.17) is 0 Å². The Hall–Kier alpha value is -1.26. The van der Waals surface area contributed by atoms with E-state index in [0.29, 0.717) is 11.5 Å². The summed E-state index contributed by atoms with van der Waals surface area (Å²) in [5, 5.41) is 0.